The average Bonchev–Trinajstić information content (AvgIpc) is 2.36. The molecule has 0 fully saturated rings. The van der Waals surface area contributed by atoms with Crippen LogP contribution in [0.5, 0.6) is 0 Å². The summed E-state index contributed by atoms with van der Waals surface area (Å²) in [4.78, 5) is 10.2. The zero-order chi connectivity index (χ0) is 14.6. The molecule has 0 spiro atoms. The zero-order valence-electron chi connectivity index (χ0n) is 11.2. The van der Waals surface area contributed by atoms with Gasteiger partial charge in [-0.1, -0.05) is 19.1 Å². The van der Waals surface area contributed by atoms with Crippen LogP contribution in [0.4, 0.5) is 5.69 Å². The van der Waals surface area contributed by atoms with Gasteiger partial charge in [0.2, 0.25) is 10.0 Å². The predicted octanol–water partition coefficient (Wildman–Crippen LogP) is 2.03. The third kappa shape index (κ3) is 4.29. The van der Waals surface area contributed by atoms with E-state index in [1.807, 2.05) is 6.92 Å². The van der Waals surface area contributed by atoms with Crippen molar-refractivity contribution in [1.29, 1.82) is 0 Å². The Morgan fingerprint density at radius 2 is 1.95 bits per heavy atom. The molecule has 0 aromatic heterocycles. The number of nitro groups is 1. The monoisotopic (exact) mass is 286 g/mol. The highest BCUT2D eigenvalue weighted by Crippen LogP contribution is 2.20. The number of nitrogens with zero attached hydrogens (tertiary/aromatic N) is 1. The summed E-state index contributed by atoms with van der Waals surface area (Å²) in [5, 5.41) is 10.2. The van der Waals surface area contributed by atoms with E-state index < -0.39 is 20.2 Å². The number of nitrogens with one attached hydrogen (secondary N) is 1. The van der Waals surface area contributed by atoms with Crippen LogP contribution >= 0.6 is 0 Å². The molecule has 0 saturated heterocycles. The number of sulfonamides is 1. The molecule has 0 unspecified atom stereocenters. The average molecular weight is 286 g/mol. The highest BCUT2D eigenvalue weighted by molar-refractivity contribution is 7.90. The van der Waals surface area contributed by atoms with E-state index in [1.54, 1.807) is 26.0 Å². The normalized spacial score (nSPS) is 13.5. The van der Waals surface area contributed by atoms with Crippen LogP contribution in [0, 0.1) is 10.1 Å². The summed E-state index contributed by atoms with van der Waals surface area (Å²) < 4.78 is 25.8. The Morgan fingerprint density at radius 1 is 1.32 bits per heavy atom. The molecule has 1 atom stereocenters. The van der Waals surface area contributed by atoms with E-state index in [0.29, 0.717) is 0 Å². The van der Waals surface area contributed by atoms with Gasteiger partial charge in [0.1, 0.15) is 0 Å². The number of benzene rings is 1. The molecule has 0 amide bonds. The summed E-state index contributed by atoms with van der Waals surface area (Å²) in [5.41, 5.74) is 0.747. The van der Waals surface area contributed by atoms with Gasteiger partial charge in [-0.2, -0.15) is 0 Å². The van der Waals surface area contributed by atoms with Crippen molar-refractivity contribution in [3.63, 3.8) is 0 Å². The molecule has 19 heavy (non-hydrogen) atoms. The largest absolute Gasteiger partial charge is 0.269 e. The lowest BCUT2D eigenvalue weighted by Crippen LogP contribution is -2.33. The van der Waals surface area contributed by atoms with Crippen LogP contribution in [0.3, 0.4) is 0 Å². The lowest BCUT2D eigenvalue weighted by molar-refractivity contribution is -0.384. The van der Waals surface area contributed by atoms with Gasteiger partial charge in [0.15, 0.2) is 0 Å². The van der Waals surface area contributed by atoms with E-state index >= 15 is 0 Å². The molecule has 106 valence electrons. The second-order valence-electron chi connectivity index (χ2n) is 4.70. The fourth-order valence-corrected chi connectivity index (χ4v) is 2.29. The van der Waals surface area contributed by atoms with Crippen molar-refractivity contribution >= 4 is 15.7 Å². The maximum Gasteiger partial charge on any atom is 0.269 e. The molecule has 1 rings (SSSR count). The molecule has 7 heteroatoms. The third-order valence-electron chi connectivity index (χ3n) is 2.86. The van der Waals surface area contributed by atoms with Crippen LogP contribution in [0.15, 0.2) is 24.3 Å². The van der Waals surface area contributed by atoms with E-state index in [2.05, 4.69) is 4.72 Å². The molecule has 0 bridgehead atoms. The SMILES string of the molecule is CC(C)S(=O)(=O)NC[C@H](C)c1cccc([N+](=O)[O-])c1. The molecule has 0 radical (unpaired) electrons. The Labute approximate surface area is 113 Å². The Bertz CT molecular complexity index is 555. The molecule has 0 aliphatic rings. The number of non-ortho nitro benzene ring substituents is 1. The van der Waals surface area contributed by atoms with Crippen LogP contribution in [-0.2, 0) is 10.0 Å². The predicted molar refractivity (Wildman–Crippen MR) is 73.6 cm³/mol. The first-order valence-electron chi connectivity index (χ1n) is 5.97. The van der Waals surface area contributed by atoms with E-state index in [1.165, 1.54) is 12.1 Å². The van der Waals surface area contributed by atoms with Crippen LogP contribution in [0.1, 0.15) is 32.3 Å². The van der Waals surface area contributed by atoms with Crippen molar-refractivity contribution in [2.24, 2.45) is 0 Å². The molecular weight excluding hydrogens is 268 g/mol. The van der Waals surface area contributed by atoms with Crippen molar-refractivity contribution in [2.45, 2.75) is 31.9 Å². The first-order chi connectivity index (χ1) is 8.74. The number of nitro benzene ring substituents is 1. The standard InChI is InChI=1S/C12H18N2O4S/c1-9(2)19(17,18)13-8-10(3)11-5-4-6-12(7-11)14(15)16/h4-7,9-10,13H,8H2,1-3H3/t10-/m0/s1. The Kier molecular flexibility index (Phi) is 5.02. The van der Waals surface area contributed by atoms with Crippen molar-refractivity contribution in [3.8, 4) is 0 Å². The quantitative estimate of drug-likeness (QED) is 0.640. The fourth-order valence-electron chi connectivity index (χ4n) is 1.47. The minimum atomic E-state index is -3.31. The Hall–Kier alpha value is -1.47. The second kappa shape index (κ2) is 6.12. The molecular formula is C12H18N2O4S. The minimum Gasteiger partial charge on any atom is -0.258 e. The van der Waals surface area contributed by atoms with Crippen molar-refractivity contribution in [1.82, 2.24) is 4.72 Å². The summed E-state index contributed by atoms with van der Waals surface area (Å²) in [5.74, 6) is -0.131. The third-order valence-corrected chi connectivity index (χ3v) is 4.67. The Balaban J connectivity index is 2.76. The van der Waals surface area contributed by atoms with Crippen LogP contribution in [0.2, 0.25) is 0 Å². The van der Waals surface area contributed by atoms with Gasteiger partial charge in [0, 0.05) is 18.7 Å². The maximum absolute atomic E-state index is 11.6. The van der Waals surface area contributed by atoms with Crippen molar-refractivity contribution in [3.05, 3.63) is 39.9 Å². The summed E-state index contributed by atoms with van der Waals surface area (Å²) in [6.07, 6.45) is 0. The lowest BCUT2D eigenvalue weighted by atomic mass is 10.0. The van der Waals surface area contributed by atoms with Crippen molar-refractivity contribution < 1.29 is 13.3 Å². The van der Waals surface area contributed by atoms with Gasteiger partial charge in [-0.3, -0.25) is 10.1 Å². The fraction of sp³-hybridized carbons (Fsp3) is 0.500. The second-order valence-corrected chi connectivity index (χ2v) is 7.02. The van der Waals surface area contributed by atoms with Crippen LogP contribution < -0.4 is 4.72 Å². The van der Waals surface area contributed by atoms with E-state index in [4.69, 9.17) is 0 Å². The molecule has 0 saturated carbocycles. The van der Waals surface area contributed by atoms with E-state index in [9.17, 15) is 18.5 Å². The molecule has 1 N–H and O–H groups in total. The Morgan fingerprint density at radius 3 is 2.47 bits per heavy atom. The summed E-state index contributed by atoms with van der Waals surface area (Å²) >= 11 is 0. The minimum absolute atomic E-state index is 0.0102. The van der Waals surface area contributed by atoms with Crippen LogP contribution in [-0.4, -0.2) is 25.1 Å². The molecule has 0 aliphatic heterocycles. The molecule has 0 heterocycles. The van der Waals surface area contributed by atoms with E-state index in [-0.39, 0.29) is 18.2 Å². The summed E-state index contributed by atoms with van der Waals surface area (Å²) in [7, 11) is -3.31. The van der Waals surface area contributed by atoms with Gasteiger partial charge in [-0.05, 0) is 25.3 Å². The topological polar surface area (TPSA) is 89.3 Å². The smallest absolute Gasteiger partial charge is 0.258 e. The van der Waals surface area contributed by atoms with Crippen LogP contribution in [0.25, 0.3) is 0 Å². The van der Waals surface area contributed by atoms with Gasteiger partial charge in [-0.25, -0.2) is 13.1 Å². The van der Waals surface area contributed by atoms with Gasteiger partial charge in [0.25, 0.3) is 5.69 Å². The van der Waals surface area contributed by atoms with Gasteiger partial charge in [0.05, 0.1) is 10.2 Å². The van der Waals surface area contributed by atoms with Gasteiger partial charge in [-0.15, -0.1) is 0 Å². The van der Waals surface area contributed by atoms with Gasteiger partial charge < -0.3 is 0 Å². The van der Waals surface area contributed by atoms with Gasteiger partial charge >= 0.3 is 0 Å². The summed E-state index contributed by atoms with van der Waals surface area (Å²) in [6.45, 7) is 5.24. The first-order valence-corrected chi connectivity index (χ1v) is 7.51. The van der Waals surface area contributed by atoms with Crippen molar-refractivity contribution in [2.75, 3.05) is 6.54 Å². The van der Waals surface area contributed by atoms with E-state index in [0.717, 1.165) is 5.56 Å². The molecule has 1 aromatic rings. The lowest BCUT2D eigenvalue weighted by Gasteiger charge is -2.14. The highest BCUT2D eigenvalue weighted by Gasteiger charge is 2.17. The molecule has 0 aliphatic carbocycles. The first kappa shape index (κ1) is 15.6. The number of rotatable bonds is 6. The molecule has 6 nitrogen and oxygen atoms in total. The molecule has 1 aromatic carbocycles. The maximum atomic E-state index is 11.6. The summed E-state index contributed by atoms with van der Waals surface area (Å²) in [6, 6.07) is 6.23. The zero-order valence-corrected chi connectivity index (χ0v) is 12.0. The highest BCUT2D eigenvalue weighted by atomic mass is 32.2. The number of hydrogen-bond donors (Lipinski definition) is 1. The number of hydrogen-bond acceptors (Lipinski definition) is 4.